The number of para-hydroxylation sites is 3. The monoisotopic (exact) mass is 1120 g/mol. The molecule has 0 saturated heterocycles. The van der Waals surface area contributed by atoms with E-state index in [1.165, 1.54) is 33.5 Å². The van der Waals surface area contributed by atoms with Gasteiger partial charge in [-0.2, -0.15) is 0 Å². The first-order chi connectivity index (χ1) is 31.9. The molecular formula is C61H59GeIrN3O-2. The van der Waals surface area contributed by atoms with Gasteiger partial charge >= 0.3 is 126 Å². The van der Waals surface area contributed by atoms with E-state index in [1.807, 2.05) is 30.3 Å². The van der Waals surface area contributed by atoms with Crippen LogP contribution in [-0.2, 0) is 26.5 Å². The average Bonchev–Trinajstić information content (AvgIpc) is 3.90. The SMILES string of the molecule is CC(C)Cc1cc(-c2[c-]cccc2)nc[c]1[Ge]([CH3])([CH3])[CH3].CC(C)c1cccc(C(C)C)c1-n1c(-c2[c-]ccc3c2oc2cc(-c4ccc(-c5ccccc5)cc4)ccc23)nc2ccccc21.[Ir]. The Labute approximate surface area is 413 Å². The molecule has 0 atom stereocenters. The average molecular weight is 1110 g/mol. The van der Waals surface area contributed by atoms with Crippen LogP contribution in [0.2, 0.25) is 17.3 Å². The topological polar surface area (TPSA) is 43.9 Å². The maximum atomic E-state index is 6.75. The second-order valence-electron chi connectivity index (χ2n) is 19.6. The summed E-state index contributed by atoms with van der Waals surface area (Å²) >= 11 is -1.86. The van der Waals surface area contributed by atoms with E-state index in [0.29, 0.717) is 17.8 Å². The Hall–Kier alpha value is -5.85. The van der Waals surface area contributed by atoms with E-state index < -0.39 is 13.3 Å². The van der Waals surface area contributed by atoms with Crippen molar-refractivity contribution in [3.63, 3.8) is 0 Å². The van der Waals surface area contributed by atoms with Crippen molar-refractivity contribution >= 4 is 50.6 Å². The van der Waals surface area contributed by atoms with Crippen LogP contribution >= 0.6 is 0 Å². The molecule has 3 heterocycles. The molecule has 0 unspecified atom stereocenters. The van der Waals surface area contributed by atoms with Gasteiger partial charge in [-0.15, -0.1) is 18.2 Å². The van der Waals surface area contributed by atoms with Gasteiger partial charge in [-0.1, -0.05) is 136 Å². The van der Waals surface area contributed by atoms with Crippen LogP contribution < -0.4 is 4.40 Å². The molecule has 0 N–H and O–H groups in total. The standard InChI is InChI=1S/C43H35N2O.C18H24GeN.Ir/c1-27(2)33-14-10-15-34(28(3)4)41(33)45-39-19-9-8-18-38(39)44-43(45)37-17-11-16-36-35-25-24-32(26-40(35)46-42(36)37)31-22-20-30(21-23-31)29-12-6-5-7-13-29;1-14(2)11-16-12-18(15-9-7-6-8-10-15)20-13-17(16)19(3,4)5;/h5-16,18-28H,1-4H3;6-9,12-14H,11H2,1-5H3;/q2*-1;. The number of furan rings is 1. The maximum absolute atomic E-state index is 6.75. The number of imidazole rings is 1. The Kier molecular flexibility index (Phi) is 14.3. The molecule has 0 fully saturated rings. The number of hydrogen-bond acceptors (Lipinski definition) is 3. The van der Waals surface area contributed by atoms with Crippen LogP contribution in [0, 0.1) is 18.1 Å². The number of rotatable bonds is 10. The van der Waals surface area contributed by atoms with Crippen molar-refractivity contribution in [2.24, 2.45) is 5.92 Å². The van der Waals surface area contributed by atoms with Crippen molar-refractivity contribution in [2.75, 3.05) is 0 Å². The number of nitrogens with zero attached hydrogens (tertiary/aromatic N) is 3. The summed E-state index contributed by atoms with van der Waals surface area (Å²) < 4.78 is 10.6. The Balaban J connectivity index is 0.000000244. The smallest absolute Gasteiger partial charge is 0.121 e. The van der Waals surface area contributed by atoms with Crippen molar-refractivity contribution in [3.8, 4) is 50.6 Å². The predicted molar refractivity (Wildman–Crippen MR) is 282 cm³/mol. The fourth-order valence-corrected chi connectivity index (χ4v) is 12.6. The largest absolute Gasteiger partial charge is 0.501 e. The second-order valence-corrected chi connectivity index (χ2v) is 30.1. The molecular weight excluding hydrogens is 1060 g/mol. The normalized spacial score (nSPS) is 11.7. The molecule has 6 heteroatoms. The summed E-state index contributed by atoms with van der Waals surface area (Å²) in [6.07, 6.45) is 3.27. The molecule has 7 aromatic carbocycles. The number of fused-ring (bicyclic) bond motifs is 4. The maximum Gasteiger partial charge on any atom is 0.121 e. The third kappa shape index (κ3) is 9.93. The molecule has 339 valence electrons. The predicted octanol–water partition coefficient (Wildman–Crippen LogP) is 16.3. The summed E-state index contributed by atoms with van der Waals surface area (Å²) in [7, 11) is 0. The van der Waals surface area contributed by atoms with E-state index in [1.54, 1.807) is 4.40 Å². The summed E-state index contributed by atoms with van der Waals surface area (Å²) in [6, 6.07) is 62.2. The minimum absolute atomic E-state index is 0. The molecule has 10 rings (SSSR count). The van der Waals surface area contributed by atoms with Crippen molar-refractivity contribution in [1.29, 1.82) is 0 Å². The van der Waals surface area contributed by atoms with E-state index in [4.69, 9.17) is 14.4 Å². The van der Waals surface area contributed by atoms with Crippen LogP contribution in [0.1, 0.15) is 70.1 Å². The number of pyridine rings is 1. The number of benzene rings is 7. The van der Waals surface area contributed by atoms with E-state index in [9.17, 15) is 0 Å². The summed E-state index contributed by atoms with van der Waals surface area (Å²) in [4.78, 5) is 9.95. The molecule has 0 bridgehead atoms. The van der Waals surface area contributed by atoms with Gasteiger partial charge in [0.1, 0.15) is 5.58 Å². The first kappa shape index (κ1) is 47.6. The molecule has 67 heavy (non-hydrogen) atoms. The summed E-state index contributed by atoms with van der Waals surface area (Å²) in [5.74, 6) is 9.52. The Bertz CT molecular complexity index is 3260. The first-order valence-corrected chi connectivity index (χ1v) is 30.8. The van der Waals surface area contributed by atoms with Crippen molar-refractivity contribution < 1.29 is 24.5 Å². The van der Waals surface area contributed by atoms with Gasteiger partial charge in [-0.3, -0.25) is 4.98 Å². The molecule has 0 aliphatic rings. The minimum Gasteiger partial charge on any atom is -0.501 e. The summed E-state index contributed by atoms with van der Waals surface area (Å²) in [6.45, 7) is 13.6. The van der Waals surface area contributed by atoms with Crippen molar-refractivity contribution in [2.45, 2.75) is 77.1 Å². The van der Waals surface area contributed by atoms with E-state index in [-0.39, 0.29) is 20.1 Å². The summed E-state index contributed by atoms with van der Waals surface area (Å²) in [5.41, 5.74) is 16.7. The third-order valence-electron chi connectivity index (χ3n) is 12.5. The zero-order valence-electron chi connectivity index (χ0n) is 40.1. The Morgan fingerprint density at radius 3 is 1.91 bits per heavy atom. The van der Waals surface area contributed by atoms with Crippen molar-refractivity contribution in [1.82, 2.24) is 14.5 Å². The second kappa shape index (κ2) is 20.2. The molecule has 0 saturated carbocycles. The van der Waals surface area contributed by atoms with Crippen LogP contribution in [0.15, 0.2) is 168 Å². The van der Waals surface area contributed by atoms with Crippen LogP contribution in [0.25, 0.3) is 83.6 Å². The fourth-order valence-electron chi connectivity index (χ4n) is 9.24. The van der Waals surface area contributed by atoms with Gasteiger partial charge < -0.3 is 8.98 Å². The molecule has 0 spiro atoms. The van der Waals surface area contributed by atoms with Gasteiger partial charge in [0.25, 0.3) is 0 Å². The zero-order chi connectivity index (χ0) is 46.1. The Morgan fingerprint density at radius 2 is 1.25 bits per heavy atom. The fraction of sp³-hybridized carbons (Fsp3) is 0.213. The molecule has 0 amide bonds. The molecule has 4 nitrogen and oxygen atoms in total. The minimum atomic E-state index is -1.86. The summed E-state index contributed by atoms with van der Waals surface area (Å²) in [5, 5.41) is 2.15. The van der Waals surface area contributed by atoms with Gasteiger partial charge in [0.15, 0.2) is 0 Å². The van der Waals surface area contributed by atoms with Crippen LogP contribution in [0.5, 0.6) is 0 Å². The van der Waals surface area contributed by atoms with E-state index in [2.05, 4.69) is 209 Å². The number of aromatic nitrogens is 3. The van der Waals surface area contributed by atoms with Gasteiger partial charge in [-0.25, -0.2) is 0 Å². The van der Waals surface area contributed by atoms with Crippen LogP contribution in [-0.4, -0.2) is 27.8 Å². The van der Waals surface area contributed by atoms with Gasteiger partial charge in [0.05, 0.1) is 22.4 Å². The number of hydrogen-bond donors (Lipinski definition) is 0. The quantitative estimate of drug-likeness (QED) is 0.101. The van der Waals surface area contributed by atoms with Gasteiger partial charge in [0.2, 0.25) is 0 Å². The van der Waals surface area contributed by atoms with Crippen LogP contribution in [0.3, 0.4) is 0 Å². The Morgan fingerprint density at radius 1 is 0.612 bits per heavy atom. The van der Waals surface area contributed by atoms with Gasteiger partial charge in [-0.05, 0) is 63.4 Å². The van der Waals surface area contributed by atoms with Crippen LogP contribution in [0.4, 0.5) is 0 Å². The van der Waals surface area contributed by atoms with Gasteiger partial charge in [0, 0.05) is 31.2 Å². The molecule has 10 aromatic rings. The van der Waals surface area contributed by atoms with E-state index >= 15 is 0 Å². The van der Waals surface area contributed by atoms with Crippen molar-refractivity contribution in [3.05, 3.63) is 193 Å². The molecule has 0 aliphatic heterocycles. The molecule has 0 aliphatic carbocycles. The molecule has 3 aromatic heterocycles. The van der Waals surface area contributed by atoms with E-state index in [0.717, 1.165) is 73.2 Å². The third-order valence-corrected chi connectivity index (χ3v) is 16.9. The first-order valence-electron chi connectivity index (χ1n) is 23.5. The zero-order valence-corrected chi connectivity index (χ0v) is 44.6. The molecule has 1 radical (unpaired) electrons.